The zero-order valence-electron chi connectivity index (χ0n) is 10.5. The Balaban J connectivity index is 2.27. The maximum Gasteiger partial charge on any atom is 0.260 e. The van der Waals surface area contributed by atoms with Gasteiger partial charge >= 0.3 is 0 Å². The lowest BCUT2D eigenvalue weighted by atomic mass is 10.1. The number of hydrogen-bond acceptors (Lipinski definition) is 4. The highest BCUT2D eigenvalue weighted by Crippen LogP contribution is 2.23. The normalized spacial score (nSPS) is 12.7. The number of nitrogens with zero attached hydrogens (tertiary/aromatic N) is 2. The molecule has 96 valence electrons. The van der Waals surface area contributed by atoms with Crippen LogP contribution in [0.1, 0.15) is 24.7 Å². The molecule has 1 heterocycles. The van der Waals surface area contributed by atoms with Crippen molar-refractivity contribution in [2.75, 3.05) is 0 Å². The van der Waals surface area contributed by atoms with Crippen LogP contribution in [0.25, 0.3) is 11.5 Å². The van der Waals surface area contributed by atoms with Gasteiger partial charge in [0.1, 0.15) is 5.82 Å². The first-order valence-electron chi connectivity index (χ1n) is 5.95. The van der Waals surface area contributed by atoms with Crippen LogP contribution in [-0.4, -0.2) is 16.2 Å². The number of hydrogen-bond donors (Lipinski definition) is 1. The predicted octanol–water partition coefficient (Wildman–Crippen LogP) is 2.46. The second-order valence-corrected chi connectivity index (χ2v) is 4.32. The van der Waals surface area contributed by atoms with Crippen molar-refractivity contribution in [1.29, 1.82) is 0 Å². The molecule has 0 radical (unpaired) electrons. The minimum Gasteiger partial charge on any atom is -0.334 e. The van der Waals surface area contributed by atoms with E-state index in [0.29, 0.717) is 23.4 Å². The van der Waals surface area contributed by atoms with Gasteiger partial charge in [-0.25, -0.2) is 4.39 Å². The lowest BCUT2D eigenvalue weighted by molar-refractivity contribution is 0.417. The van der Waals surface area contributed by atoms with Crippen LogP contribution in [-0.2, 0) is 6.42 Å². The molecule has 0 bridgehead atoms. The minimum absolute atomic E-state index is 0.00203. The van der Waals surface area contributed by atoms with Crippen LogP contribution in [0.3, 0.4) is 0 Å². The van der Waals surface area contributed by atoms with E-state index >= 15 is 0 Å². The Morgan fingerprint density at radius 3 is 2.94 bits per heavy atom. The predicted molar refractivity (Wildman–Crippen MR) is 66.4 cm³/mol. The number of aromatic nitrogens is 2. The summed E-state index contributed by atoms with van der Waals surface area (Å²) in [6, 6.07) is 5.08. The van der Waals surface area contributed by atoms with Crippen LogP contribution >= 0.6 is 0 Å². The lowest BCUT2D eigenvalue weighted by Gasteiger charge is -2.02. The first kappa shape index (κ1) is 12.7. The molecule has 1 aromatic carbocycles. The first-order valence-corrected chi connectivity index (χ1v) is 5.95. The van der Waals surface area contributed by atoms with Crippen LogP contribution in [0, 0.1) is 12.7 Å². The van der Waals surface area contributed by atoms with Gasteiger partial charge in [0.05, 0.1) is 5.56 Å². The van der Waals surface area contributed by atoms with Crippen molar-refractivity contribution < 1.29 is 8.91 Å². The molecule has 0 spiro atoms. The van der Waals surface area contributed by atoms with Gasteiger partial charge in [-0.05, 0) is 25.0 Å². The quantitative estimate of drug-likeness (QED) is 0.904. The van der Waals surface area contributed by atoms with Crippen LogP contribution in [0.15, 0.2) is 22.7 Å². The Morgan fingerprint density at radius 1 is 1.44 bits per heavy atom. The molecular weight excluding hydrogens is 233 g/mol. The summed E-state index contributed by atoms with van der Waals surface area (Å²) in [5.41, 5.74) is 6.70. The van der Waals surface area contributed by atoms with Crippen molar-refractivity contribution >= 4 is 0 Å². The summed E-state index contributed by atoms with van der Waals surface area (Å²) in [5, 5.41) is 3.82. The van der Waals surface area contributed by atoms with Crippen molar-refractivity contribution in [3.63, 3.8) is 0 Å². The third kappa shape index (κ3) is 2.56. The van der Waals surface area contributed by atoms with Crippen molar-refractivity contribution in [1.82, 2.24) is 10.1 Å². The van der Waals surface area contributed by atoms with Crippen molar-refractivity contribution in [3.8, 4) is 11.5 Å². The summed E-state index contributed by atoms with van der Waals surface area (Å²) >= 11 is 0. The third-order valence-corrected chi connectivity index (χ3v) is 2.86. The van der Waals surface area contributed by atoms with E-state index in [4.69, 9.17) is 10.3 Å². The highest BCUT2D eigenvalue weighted by molar-refractivity contribution is 5.55. The average molecular weight is 249 g/mol. The van der Waals surface area contributed by atoms with E-state index in [1.807, 2.05) is 6.92 Å². The van der Waals surface area contributed by atoms with Gasteiger partial charge in [-0.1, -0.05) is 24.2 Å². The summed E-state index contributed by atoms with van der Waals surface area (Å²) in [5.74, 6) is 0.391. The Bertz CT molecular complexity index is 539. The summed E-state index contributed by atoms with van der Waals surface area (Å²) in [7, 11) is 0. The molecular formula is C13H16FN3O. The van der Waals surface area contributed by atoms with Crippen LogP contribution in [0.4, 0.5) is 4.39 Å². The SMILES string of the molecule is CCC(N)Cc1noc(-c2cccc(C)c2F)n1. The Labute approximate surface area is 105 Å². The number of rotatable bonds is 4. The van der Waals surface area contributed by atoms with E-state index in [2.05, 4.69) is 10.1 Å². The molecule has 1 unspecified atom stereocenters. The Hall–Kier alpha value is -1.75. The summed E-state index contributed by atoms with van der Waals surface area (Å²) < 4.78 is 18.9. The highest BCUT2D eigenvalue weighted by Gasteiger charge is 2.15. The van der Waals surface area contributed by atoms with Crippen molar-refractivity contribution in [2.45, 2.75) is 32.7 Å². The first-order chi connectivity index (χ1) is 8.61. The largest absolute Gasteiger partial charge is 0.334 e. The Morgan fingerprint density at radius 2 is 2.22 bits per heavy atom. The molecule has 2 rings (SSSR count). The molecule has 0 saturated carbocycles. The molecule has 5 heteroatoms. The van der Waals surface area contributed by atoms with Gasteiger partial charge in [-0.2, -0.15) is 4.98 Å². The lowest BCUT2D eigenvalue weighted by Crippen LogP contribution is -2.21. The molecule has 0 saturated heterocycles. The van der Waals surface area contributed by atoms with Gasteiger partial charge in [0.15, 0.2) is 5.82 Å². The number of nitrogens with two attached hydrogens (primary N) is 1. The summed E-state index contributed by atoms with van der Waals surface area (Å²) in [6.45, 7) is 3.69. The zero-order valence-corrected chi connectivity index (χ0v) is 10.5. The van der Waals surface area contributed by atoms with E-state index < -0.39 is 0 Å². The van der Waals surface area contributed by atoms with Crippen molar-refractivity contribution in [2.24, 2.45) is 5.73 Å². The average Bonchev–Trinajstić information content (AvgIpc) is 2.80. The highest BCUT2D eigenvalue weighted by atomic mass is 19.1. The maximum absolute atomic E-state index is 13.9. The fourth-order valence-electron chi connectivity index (χ4n) is 1.64. The Kier molecular flexibility index (Phi) is 3.72. The second kappa shape index (κ2) is 5.27. The van der Waals surface area contributed by atoms with E-state index in [1.165, 1.54) is 0 Å². The fourth-order valence-corrected chi connectivity index (χ4v) is 1.64. The molecule has 0 aliphatic heterocycles. The standard InChI is InChI=1S/C13H16FN3O/c1-3-9(15)7-11-16-13(18-17-11)10-6-4-5-8(2)12(10)14/h4-6,9H,3,7,15H2,1-2H3. The van der Waals surface area contributed by atoms with E-state index in [0.717, 1.165) is 6.42 Å². The smallest absolute Gasteiger partial charge is 0.260 e. The molecule has 0 amide bonds. The number of benzene rings is 1. The second-order valence-electron chi connectivity index (χ2n) is 4.32. The van der Waals surface area contributed by atoms with Crippen molar-refractivity contribution in [3.05, 3.63) is 35.4 Å². The monoisotopic (exact) mass is 249 g/mol. The molecule has 0 aliphatic carbocycles. The molecule has 2 aromatic rings. The summed E-state index contributed by atoms with van der Waals surface area (Å²) in [6.07, 6.45) is 1.37. The molecule has 1 atom stereocenters. The van der Waals surface area contributed by atoms with Crippen LogP contribution < -0.4 is 5.73 Å². The summed E-state index contributed by atoms with van der Waals surface area (Å²) in [4.78, 5) is 4.17. The van der Waals surface area contributed by atoms with E-state index in [-0.39, 0.29) is 17.7 Å². The van der Waals surface area contributed by atoms with Gasteiger partial charge < -0.3 is 10.3 Å². The van der Waals surface area contributed by atoms with Gasteiger partial charge in [0.2, 0.25) is 0 Å². The van der Waals surface area contributed by atoms with Gasteiger partial charge in [-0.3, -0.25) is 0 Å². The zero-order chi connectivity index (χ0) is 13.1. The fraction of sp³-hybridized carbons (Fsp3) is 0.385. The molecule has 18 heavy (non-hydrogen) atoms. The molecule has 0 fully saturated rings. The third-order valence-electron chi connectivity index (χ3n) is 2.86. The molecule has 1 aromatic heterocycles. The van der Waals surface area contributed by atoms with Crippen LogP contribution in [0.5, 0.6) is 0 Å². The van der Waals surface area contributed by atoms with E-state index in [9.17, 15) is 4.39 Å². The maximum atomic E-state index is 13.9. The van der Waals surface area contributed by atoms with Gasteiger partial charge in [0.25, 0.3) is 5.89 Å². The molecule has 2 N–H and O–H groups in total. The van der Waals surface area contributed by atoms with Crippen LogP contribution in [0.2, 0.25) is 0 Å². The molecule has 0 aliphatic rings. The topological polar surface area (TPSA) is 64.9 Å². The van der Waals surface area contributed by atoms with Gasteiger partial charge in [0, 0.05) is 12.5 Å². The number of halogens is 1. The molecule has 4 nitrogen and oxygen atoms in total. The van der Waals surface area contributed by atoms with E-state index in [1.54, 1.807) is 25.1 Å². The minimum atomic E-state index is -0.326. The number of aryl methyl sites for hydroxylation is 1. The van der Waals surface area contributed by atoms with Gasteiger partial charge in [-0.15, -0.1) is 0 Å².